The van der Waals surface area contributed by atoms with Gasteiger partial charge in [0, 0.05) is 16.3 Å². The highest BCUT2D eigenvalue weighted by molar-refractivity contribution is 6.09. The Kier molecular flexibility index (Phi) is 4.75. The molecule has 0 spiro atoms. The summed E-state index contributed by atoms with van der Waals surface area (Å²) in [6.07, 6.45) is 0. The van der Waals surface area contributed by atoms with Gasteiger partial charge in [-0.3, -0.25) is 0 Å². The van der Waals surface area contributed by atoms with E-state index in [0.717, 1.165) is 27.7 Å². The van der Waals surface area contributed by atoms with Crippen molar-refractivity contribution >= 4 is 21.8 Å². The average molecular weight is 432 g/mol. The summed E-state index contributed by atoms with van der Waals surface area (Å²) in [5.74, 6) is 1.96. The zero-order valence-electron chi connectivity index (χ0n) is 19.5. The molecule has 0 saturated carbocycles. The molecule has 5 nitrogen and oxygen atoms in total. The van der Waals surface area contributed by atoms with Gasteiger partial charge < -0.3 is 4.57 Å². The van der Waals surface area contributed by atoms with Crippen molar-refractivity contribution in [2.45, 2.75) is 40.0 Å². The molecular formula is C28H25N5. The van der Waals surface area contributed by atoms with E-state index in [0.29, 0.717) is 23.0 Å². The fraction of sp³-hybridized carbons (Fsp3) is 0.214. The zero-order valence-corrected chi connectivity index (χ0v) is 19.5. The molecule has 0 amide bonds. The fourth-order valence-corrected chi connectivity index (χ4v) is 4.39. The second kappa shape index (κ2) is 7.53. The summed E-state index contributed by atoms with van der Waals surface area (Å²) in [7, 11) is 0. The maximum absolute atomic E-state index is 9.99. The number of aryl methyl sites for hydroxylation is 2. The van der Waals surface area contributed by atoms with E-state index < -0.39 is 0 Å². The molecule has 5 aromatic rings. The van der Waals surface area contributed by atoms with Crippen molar-refractivity contribution in [1.29, 1.82) is 5.26 Å². The van der Waals surface area contributed by atoms with Crippen LogP contribution in [0, 0.1) is 25.2 Å². The number of benzene rings is 3. The summed E-state index contributed by atoms with van der Waals surface area (Å²) < 4.78 is 2.20. The largest absolute Gasteiger partial charge is 0.308 e. The summed E-state index contributed by atoms with van der Waals surface area (Å²) in [6, 6.07) is 23.2. The van der Waals surface area contributed by atoms with Gasteiger partial charge in [-0.15, -0.1) is 0 Å². The third-order valence-electron chi connectivity index (χ3n) is 6.02. The minimum atomic E-state index is 0.00924. The van der Waals surface area contributed by atoms with Crippen LogP contribution in [0.3, 0.4) is 0 Å². The van der Waals surface area contributed by atoms with Gasteiger partial charge in [-0.2, -0.15) is 5.26 Å². The Morgan fingerprint density at radius 1 is 0.788 bits per heavy atom. The first-order valence-electron chi connectivity index (χ1n) is 11.0. The average Bonchev–Trinajstić information content (AvgIpc) is 3.11. The van der Waals surface area contributed by atoms with Crippen LogP contribution in [-0.2, 0) is 5.41 Å². The van der Waals surface area contributed by atoms with Crippen molar-refractivity contribution in [2.75, 3.05) is 0 Å². The predicted octanol–water partition coefficient (Wildman–Crippen LogP) is 6.42. The van der Waals surface area contributed by atoms with Crippen LogP contribution < -0.4 is 0 Å². The minimum Gasteiger partial charge on any atom is -0.308 e. The molecule has 0 aliphatic rings. The first kappa shape index (κ1) is 20.8. The first-order chi connectivity index (χ1) is 15.8. The molecule has 2 aromatic heterocycles. The van der Waals surface area contributed by atoms with Gasteiger partial charge in [0.25, 0.3) is 0 Å². The van der Waals surface area contributed by atoms with Crippen molar-refractivity contribution in [3.8, 4) is 23.1 Å². The molecule has 0 bridgehead atoms. The lowest BCUT2D eigenvalue weighted by molar-refractivity contribution is 0.591. The summed E-state index contributed by atoms with van der Waals surface area (Å²) in [6.45, 7) is 10.4. The molecule has 0 saturated heterocycles. The van der Waals surface area contributed by atoms with Gasteiger partial charge in [0.15, 0.2) is 5.82 Å². The number of aromatic nitrogens is 4. The van der Waals surface area contributed by atoms with E-state index in [-0.39, 0.29) is 5.41 Å². The van der Waals surface area contributed by atoms with E-state index in [1.807, 2.05) is 38.1 Å². The lowest BCUT2D eigenvalue weighted by Crippen LogP contribution is -2.11. The highest BCUT2D eigenvalue weighted by Crippen LogP contribution is 2.36. The highest BCUT2D eigenvalue weighted by Gasteiger charge is 2.20. The quantitative estimate of drug-likeness (QED) is 0.323. The summed E-state index contributed by atoms with van der Waals surface area (Å²) in [5.41, 5.74) is 5.69. The van der Waals surface area contributed by atoms with Crippen LogP contribution >= 0.6 is 0 Å². The molecular weight excluding hydrogens is 406 g/mol. The van der Waals surface area contributed by atoms with Gasteiger partial charge >= 0.3 is 0 Å². The fourth-order valence-electron chi connectivity index (χ4n) is 4.39. The summed E-state index contributed by atoms with van der Waals surface area (Å²) >= 11 is 0. The van der Waals surface area contributed by atoms with Crippen molar-refractivity contribution in [3.05, 3.63) is 83.4 Å². The van der Waals surface area contributed by atoms with E-state index >= 15 is 0 Å². The number of rotatable bonds is 2. The first-order valence-corrected chi connectivity index (χ1v) is 11.0. The minimum absolute atomic E-state index is 0.00924. The molecule has 0 aliphatic heterocycles. The van der Waals surface area contributed by atoms with E-state index in [4.69, 9.17) is 0 Å². The third kappa shape index (κ3) is 3.54. The Balaban J connectivity index is 1.87. The normalized spacial score (nSPS) is 11.8. The van der Waals surface area contributed by atoms with Crippen LogP contribution in [0.1, 0.15) is 43.5 Å². The predicted molar refractivity (Wildman–Crippen MR) is 132 cm³/mol. The smallest absolute Gasteiger partial charge is 0.163 e. The number of hydrogen-bond donors (Lipinski definition) is 0. The van der Waals surface area contributed by atoms with Crippen LogP contribution in [0.15, 0.2) is 60.7 Å². The molecule has 5 heteroatoms. The number of para-hydroxylation sites is 1. The van der Waals surface area contributed by atoms with Crippen LogP contribution in [0.25, 0.3) is 38.9 Å². The van der Waals surface area contributed by atoms with Crippen molar-refractivity contribution in [1.82, 2.24) is 19.5 Å². The van der Waals surface area contributed by atoms with E-state index in [1.165, 1.54) is 10.9 Å². The van der Waals surface area contributed by atoms with Crippen LogP contribution in [0.4, 0.5) is 0 Å². The maximum Gasteiger partial charge on any atom is 0.163 e. The molecule has 0 N–H and O–H groups in total. The SMILES string of the molecule is Cc1nc(C)nc(-c2ccc(C#N)c(-n3c4ccccc4c4ccc(C(C)(C)C)cc43)c2)n1. The second-order valence-corrected chi connectivity index (χ2v) is 9.43. The molecule has 162 valence electrons. The van der Waals surface area contributed by atoms with E-state index in [9.17, 15) is 5.26 Å². The van der Waals surface area contributed by atoms with Crippen molar-refractivity contribution < 1.29 is 0 Å². The van der Waals surface area contributed by atoms with Gasteiger partial charge in [-0.1, -0.05) is 51.1 Å². The van der Waals surface area contributed by atoms with Gasteiger partial charge in [0.05, 0.1) is 22.3 Å². The molecule has 0 fully saturated rings. The summed E-state index contributed by atoms with van der Waals surface area (Å²) in [4.78, 5) is 13.4. The molecule has 0 atom stereocenters. The number of nitrogens with zero attached hydrogens (tertiary/aromatic N) is 5. The Hall–Kier alpha value is -4.04. The maximum atomic E-state index is 9.99. The summed E-state index contributed by atoms with van der Waals surface area (Å²) in [5, 5.41) is 12.3. The van der Waals surface area contributed by atoms with Crippen molar-refractivity contribution in [3.63, 3.8) is 0 Å². The van der Waals surface area contributed by atoms with E-state index in [1.54, 1.807) is 0 Å². The number of fused-ring (bicyclic) bond motifs is 3. The van der Waals surface area contributed by atoms with Crippen molar-refractivity contribution in [2.24, 2.45) is 0 Å². The lowest BCUT2D eigenvalue weighted by atomic mass is 9.86. The Morgan fingerprint density at radius 3 is 2.18 bits per heavy atom. The van der Waals surface area contributed by atoms with Crippen LogP contribution in [-0.4, -0.2) is 19.5 Å². The van der Waals surface area contributed by atoms with Crippen LogP contribution in [0.2, 0.25) is 0 Å². The van der Waals surface area contributed by atoms with Gasteiger partial charge in [-0.25, -0.2) is 15.0 Å². The standard InChI is InChI=1S/C28H25N5/c1-17-30-18(2)32-27(31-17)19-10-11-20(16-29)25(14-19)33-24-9-7-6-8-22(24)23-13-12-21(15-26(23)33)28(3,4)5/h6-15H,1-5H3. The van der Waals surface area contributed by atoms with Crippen LogP contribution in [0.5, 0.6) is 0 Å². The Morgan fingerprint density at radius 2 is 1.48 bits per heavy atom. The Labute approximate surface area is 193 Å². The molecule has 3 aromatic carbocycles. The highest BCUT2D eigenvalue weighted by atomic mass is 15.0. The van der Waals surface area contributed by atoms with Gasteiger partial charge in [0.2, 0.25) is 0 Å². The lowest BCUT2D eigenvalue weighted by Gasteiger charge is -2.20. The molecule has 5 rings (SSSR count). The third-order valence-corrected chi connectivity index (χ3v) is 6.02. The Bertz CT molecular complexity index is 1560. The molecule has 0 aliphatic carbocycles. The zero-order chi connectivity index (χ0) is 23.3. The number of nitriles is 1. The van der Waals surface area contributed by atoms with Gasteiger partial charge in [0.1, 0.15) is 17.7 Å². The second-order valence-electron chi connectivity index (χ2n) is 9.43. The van der Waals surface area contributed by atoms with Gasteiger partial charge in [-0.05, 0) is 55.2 Å². The molecule has 33 heavy (non-hydrogen) atoms. The monoisotopic (exact) mass is 431 g/mol. The topological polar surface area (TPSA) is 67.4 Å². The molecule has 0 unspecified atom stereocenters. The van der Waals surface area contributed by atoms with E-state index in [2.05, 4.69) is 82.8 Å². The molecule has 0 radical (unpaired) electrons. The molecule has 2 heterocycles. The number of hydrogen-bond acceptors (Lipinski definition) is 4.